The molecule has 252 valence electrons. The van der Waals surface area contributed by atoms with Crippen LogP contribution in [0.3, 0.4) is 0 Å². The minimum absolute atomic E-state index is 0.0160. The summed E-state index contributed by atoms with van der Waals surface area (Å²) in [7, 11) is 1.60. The molecule has 1 aromatic heterocycles. The quantitative estimate of drug-likeness (QED) is 0.180. The number of allylic oxidation sites excluding steroid dienone is 1. The number of Topliss-reactive ketones (excluding diaryl/α,β-unsaturated/α-hetero) is 1. The number of nitrogens with one attached hydrogen (secondary N) is 1. The molecule has 10 heteroatoms. The maximum absolute atomic E-state index is 14.1. The first-order valence-corrected chi connectivity index (χ1v) is 16.2. The number of benzene rings is 3. The fourth-order valence-corrected chi connectivity index (χ4v) is 6.16. The summed E-state index contributed by atoms with van der Waals surface area (Å²) in [6, 6.07) is 17.7. The summed E-state index contributed by atoms with van der Waals surface area (Å²) >= 11 is 0. The number of ketones is 1. The van der Waals surface area contributed by atoms with Gasteiger partial charge in [-0.25, -0.2) is 9.59 Å². The van der Waals surface area contributed by atoms with Crippen LogP contribution in [0.15, 0.2) is 66.4 Å². The molecule has 0 aliphatic carbocycles. The highest BCUT2D eigenvalue weighted by Gasteiger charge is 2.36. The van der Waals surface area contributed by atoms with E-state index in [1.54, 1.807) is 23.0 Å². The number of aromatic amines is 1. The zero-order valence-corrected chi connectivity index (χ0v) is 28.9. The highest BCUT2D eigenvalue weighted by Crippen LogP contribution is 2.43. The fourth-order valence-electron chi connectivity index (χ4n) is 6.16. The van der Waals surface area contributed by atoms with Crippen LogP contribution in [-0.2, 0) is 0 Å². The Kier molecular flexibility index (Phi) is 9.84. The lowest BCUT2D eigenvalue weighted by Crippen LogP contribution is -2.44. The van der Waals surface area contributed by atoms with Gasteiger partial charge in [0.1, 0.15) is 22.8 Å². The van der Waals surface area contributed by atoms with Crippen molar-refractivity contribution >= 4 is 34.9 Å². The molecule has 5 rings (SSSR count). The lowest BCUT2D eigenvalue weighted by molar-refractivity contribution is 0.101. The predicted octanol–water partition coefficient (Wildman–Crippen LogP) is 8.69. The number of aromatic nitrogens is 1. The van der Waals surface area contributed by atoms with Crippen LogP contribution >= 0.6 is 0 Å². The van der Waals surface area contributed by atoms with Crippen molar-refractivity contribution in [1.29, 1.82) is 0 Å². The van der Waals surface area contributed by atoms with E-state index in [-0.39, 0.29) is 52.7 Å². The van der Waals surface area contributed by atoms with Crippen LogP contribution in [0, 0.1) is 0 Å². The minimum Gasteiger partial charge on any atom is -0.497 e. The molecule has 0 spiro atoms. The summed E-state index contributed by atoms with van der Waals surface area (Å²) in [4.78, 5) is 47.5. The van der Waals surface area contributed by atoms with Crippen molar-refractivity contribution < 1.29 is 33.3 Å². The number of nitrogens with zero attached hydrogens (tertiary/aromatic N) is 2. The summed E-state index contributed by atoms with van der Waals surface area (Å²) < 4.78 is 23.4. The van der Waals surface area contributed by atoms with Gasteiger partial charge in [0.25, 0.3) is 0 Å². The summed E-state index contributed by atoms with van der Waals surface area (Å²) in [5.74, 6) is 0.309. The molecule has 0 fully saturated rings. The summed E-state index contributed by atoms with van der Waals surface area (Å²) in [5, 5.41) is 0.821. The number of hydrogen-bond donors (Lipinski definition) is 1. The van der Waals surface area contributed by atoms with E-state index in [0.717, 1.165) is 22.2 Å². The second-order valence-corrected chi connectivity index (χ2v) is 12.9. The van der Waals surface area contributed by atoms with Gasteiger partial charge < -0.3 is 33.7 Å². The lowest BCUT2D eigenvalue weighted by atomic mass is 10.0. The third-order valence-electron chi connectivity index (χ3n) is 8.14. The molecule has 0 unspecified atom stereocenters. The fraction of sp³-hybridized carbons (Fsp3) is 0.342. The molecule has 2 heterocycles. The van der Waals surface area contributed by atoms with Crippen molar-refractivity contribution in [2.75, 3.05) is 7.11 Å². The second-order valence-electron chi connectivity index (χ2n) is 12.9. The van der Waals surface area contributed by atoms with E-state index in [4.69, 9.17) is 18.9 Å². The zero-order valence-electron chi connectivity index (χ0n) is 28.9. The molecule has 48 heavy (non-hydrogen) atoms. The van der Waals surface area contributed by atoms with Gasteiger partial charge in [-0.2, -0.15) is 0 Å². The molecular weight excluding hydrogens is 610 g/mol. The topological polar surface area (TPSA) is 110 Å². The first-order chi connectivity index (χ1) is 22.8. The molecule has 0 saturated carbocycles. The number of fused-ring (bicyclic) bond motifs is 2. The van der Waals surface area contributed by atoms with Crippen LogP contribution in [0.1, 0.15) is 71.3 Å². The molecule has 2 amide bonds. The highest BCUT2D eigenvalue weighted by molar-refractivity contribution is 6.17. The first kappa shape index (κ1) is 34.1. The van der Waals surface area contributed by atoms with Crippen LogP contribution < -0.4 is 18.9 Å². The van der Waals surface area contributed by atoms with Crippen molar-refractivity contribution in [2.45, 2.75) is 79.6 Å². The molecule has 0 saturated heterocycles. The molecule has 1 aliphatic heterocycles. The van der Waals surface area contributed by atoms with Crippen molar-refractivity contribution in [3.05, 3.63) is 77.5 Å². The summed E-state index contributed by atoms with van der Waals surface area (Å²) in [5.41, 5.74) is 3.31. The lowest BCUT2D eigenvalue weighted by Gasteiger charge is -2.30. The smallest absolute Gasteiger partial charge is 0.415 e. The van der Waals surface area contributed by atoms with Crippen LogP contribution in [0.25, 0.3) is 28.2 Å². The Morgan fingerprint density at radius 2 is 1.38 bits per heavy atom. The van der Waals surface area contributed by atoms with Gasteiger partial charge in [0.05, 0.1) is 12.8 Å². The number of carbonyl (C=O) groups is 3. The third-order valence-corrected chi connectivity index (χ3v) is 8.14. The number of hydrogen-bond acceptors (Lipinski definition) is 7. The van der Waals surface area contributed by atoms with Gasteiger partial charge in [0, 0.05) is 52.8 Å². The molecule has 1 aliphatic rings. The van der Waals surface area contributed by atoms with Crippen molar-refractivity contribution in [1.82, 2.24) is 14.8 Å². The zero-order chi connectivity index (χ0) is 34.9. The largest absolute Gasteiger partial charge is 0.497 e. The standard InChI is InChI=1S/C38H43N3O7/c1-21(2)40(22(3)4)37(43)46-27-18-31-34(32(19-27)48-38(44)41(23(5)6)24(7)8)36(42)33(47-31)20-29-28-17-26(45-9)15-16-30(28)39-35(29)25-13-11-10-12-14-25/h10-24,39H,1-9H3/b33-20-. The first-order valence-electron chi connectivity index (χ1n) is 16.2. The van der Waals surface area contributed by atoms with E-state index < -0.39 is 18.0 Å². The summed E-state index contributed by atoms with van der Waals surface area (Å²) in [6.45, 7) is 15.1. The van der Waals surface area contributed by atoms with Crippen molar-refractivity contribution in [3.63, 3.8) is 0 Å². The van der Waals surface area contributed by atoms with Gasteiger partial charge in [0.15, 0.2) is 11.5 Å². The van der Waals surface area contributed by atoms with Crippen molar-refractivity contribution in [2.24, 2.45) is 0 Å². The predicted molar refractivity (Wildman–Crippen MR) is 186 cm³/mol. The number of carbonyl (C=O) groups excluding carboxylic acids is 3. The Morgan fingerprint density at radius 1 is 0.771 bits per heavy atom. The van der Waals surface area contributed by atoms with E-state index in [0.29, 0.717) is 11.3 Å². The second kappa shape index (κ2) is 13.9. The molecule has 10 nitrogen and oxygen atoms in total. The number of amides is 2. The molecule has 0 bridgehead atoms. The van der Waals surface area contributed by atoms with E-state index in [1.807, 2.05) is 104 Å². The number of H-pyrrole nitrogens is 1. The van der Waals surface area contributed by atoms with Crippen LogP contribution in [-0.4, -0.2) is 64.0 Å². The maximum atomic E-state index is 14.1. The average Bonchev–Trinajstić information content (AvgIpc) is 3.53. The highest BCUT2D eigenvalue weighted by atomic mass is 16.6. The molecule has 1 N–H and O–H groups in total. The normalized spacial score (nSPS) is 13.4. The third kappa shape index (κ3) is 6.74. The Bertz CT molecular complexity index is 1860. The van der Waals surface area contributed by atoms with Gasteiger partial charge >= 0.3 is 12.2 Å². The Hall–Kier alpha value is -5.25. The molecule has 3 aromatic carbocycles. The monoisotopic (exact) mass is 653 g/mol. The van der Waals surface area contributed by atoms with E-state index in [1.165, 1.54) is 12.1 Å². The van der Waals surface area contributed by atoms with Crippen LogP contribution in [0.4, 0.5) is 9.59 Å². The van der Waals surface area contributed by atoms with Gasteiger partial charge in [0.2, 0.25) is 5.78 Å². The van der Waals surface area contributed by atoms with Crippen LogP contribution in [0.5, 0.6) is 23.0 Å². The maximum Gasteiger partial charge on any atom is 0.415 e. The van der Waals surface area contributed by atoms with E-state index in [2.05, 4.69) is 4.98 Å². The number of methoxy groups -OCH3 is 1. The van der Waals surface area contributed by atoms with E-state index in [9.17, 15) is 14.4 Å². The Balaban J connectivity index is 1.63. The van der Waals surface area contributed by atoms with Gasteiger partial charge in [-0.3, -0.25) is 4.79 Å². The van der Waals surface area contributed by atoms with Gasteiger partial charge in [-0.1, -0.05) is 30.3 Å². The Morgan fingerprint density at radius 3 is 1.96 bits per heavy atom. The summed E-state index contributed by atoms with van der Waals surface area (Å²) in [6.07, 6.45) is 0.453. The van der Waals surface area contributed by atoms with Crippen molar-refractivity contribution in [3.8, 4) is 34.3 Å². The number of ether oxygens (including phenoxy) is 4. The molecule has 0 radical (unpaired) electrons. The van der Waals surface area contributed by atoms with Gasteiger partial charge in [-0.05, 0) is 85.2 Å². The molecule has 4 aromatic rings. The average molecular weight is 654 g/mol. The molecular formula is C38H43N3O7. The SMILES string of the molecule is COc1ccc2[nH]c(-c3ccccc3)c(/C=C3\Oc4cc(OC(=O)N(C(C)C)C(C)C)cc(OC(=O)N(C(C)C)C(C)C)c4C3=O)c2c1. The number of rotatable bonds is 9. The van der Waals surface area contributed by atoms with Gasteiger partial charge in [-0.15, -0.1) is 0 Å². The van der Waals surface area contributed by atoms with Crippen LogP contribution in [0.2, 0.25) is 0 Å². The van der Waals surface area contributed by atoms with E-state index >= 15 is 0 Å². The molecule has 0 atom stereocenters. The Labute approximate surface area is 281 Å². The minimum atomic E-state index is -0.642.